The van der Waals surface area contributed by atoms with Gasteiger partial charge in [0.15, 0.2) is 0 Å². The number of ether oxygens (including phenoxy) is 2. The Bertz CT molecular complexity index is 1500. The molecule has 2 saturated heterocycles. The Morgan fingerprint density at radius 2 is 1.71 bits per heavy atom. The van der Waals surface area contributed by atoms with Crippen molar-refractivity contribution in [1.82, 2.24) is 25.1 Å². The molecular formula is C31H35N7O4. The summed E-state index contributed by atoms with van der Waals surface area (Å²) in [5.41, 5.74) is 4.26. The molecule has 2 fully saturated rings. The summed E-state index contributed by atoms with van der Waals surface area (Å²) in [6.07, 6.45) is 7.61. The Morgan fingerprint density at radius 1 is 1.00 bits per heavy atom. The molecule has 2 aromatic carbocycles. The number of carbonyl (C=O) groups is 2. The van der Waals surface area contributed by atoms with Crippen molar-refractivity contribution in [3.63, 3.8) is 0 Å². The number of hydrogen-bond donors (Lipinski definition) is 3. The quantitative estimate of drug-likeness (QED) is 0.249. The highest BCUT2D eigenvalue weighted by Crippen LogP contribution is 2.29. The Kier molecular flexibility index (Phi) is 8.66. The minimum atomic E-state index is -0.127. The average molecular weight is 570 g/mol. The van der Waals surface area contributed by atoms with Crippen molar-refractivity contribution in [1.29, 1.82) is 5.41 Å². The normalized spacial score (nSPS) is 16.0. The number of anilines is 2. The Labute approximate surface area is 244 Å². The van der Waals surface area contributed by atoms with Crippen LogP contribution in [0.1, 0.15) is 18.5 Å². The fourth-order valence-electron chi connectivity index (χ4n) is 5.14. The van der Waals surface area contributed by atoms with Crippen molar-refractivity contribution in [3.8, 4) is 11.5 Å². The van der Waals surface area contributed by atoms with Gasteiger partial charge in [-0.25, -0.2) is 4.98 Å². The fraction of sp³-hybridized carbons (Fsp3) is 0.323. The molecule has 0 atom stereocenters. The molecule has 11 nitrogen and oxygen atoms in total. The number of rotatable bonds is 10. The SMILES string of the molecule is C=CC(=O)N1CC(C(=O)N2CCC(N/C=C(\C=N)c3cnc4ccc(Nc5cc(OC)cc(OC)c5)cc4n3)CC2)C1. The van der Waals surface area contributed by atoms with Crippen molar-refractivity contribution in [2.24, 2.45) is 5.92 Å². The number of aromatic nitrogens is 2. The van der Waals surface area contributed by atoms with E-state index in [0.717, 1.165) is 29.7 Å². The Morgan fingerprint density at radius 3 is 2.36 bits per heavy atom. The number of methoxy groups -OCH3 is 2. The largest absolute Gasteiger partial charge is 0.497 e. The summed E-state index contributed by atoms with van der Waals surface area (Å²) >= 11 is 0. The van der Waals surface area contributed by atoms with E-state index in [0.29, 0.717) is 54.5 Å². The molecule has 0 aliphatic carbocycles. The molecule has 3 N–H and O–H groups in total. The van der Waals surface area contributed by atoms with Gasteiger partial charge in [0.1, 0.15) is 11.5 Å². The molecule has 0 spiro atoms. The molecule has 2 aliphatic rings. The summed E-state index contributed by atoms with van der Waals surface area (Å²) in [6.45, 7) is 5.74. The molecular weight excluding hydrogens is 534 g/mol. The molecule has 2 amide bonds. The van der Waals surface area contributed by atoms with Crippen LogP contribution in [0.4, 0.5) is 11.4 Å². The van der Waals surface area contributed by atoms with Crippen molar-refractivity contribution < 1.29 is 19.1 Å². The lowest BCUT2D eigenvalue weighted by atomic mass is 9.96. The van der Waals surface area contributed by atoms with Gasteiger partial charge in [-0.1, -0.05) is 6.58 Å². The van der Waals surface area contributed by atoms with Crippen LogP contribution in [-0.4, -0.2) is 84.2 Å². The van der Waals surface area contributed by atoms with Crippen LogP contribution in [0.15, 0.2) is 61.4 Å². The van der Waals surface area contributed by atoms with E-state index in [1.807, 2.05) is 41.3 Å². The van der Waals surface area contributed by atoms with Crippen molar-refractivity contribution in [3.05, 3.63) is 67.1 Å². The molecule has 0 radical (unpaired) electrons. The predicted molar refractivity (Wildman–Crippen MR) is 162 cm³/mol. The number of nitrogens with zero attached hydrogens (tertiary/aromatic N) is 4. The van der Waals surface area contributed by atoms with E-state index in [2.05, 4.69) is 22.2 Å². The standard InChI is InChI=1S/C31H35N7O4/c1-4-30(39)38-18-21(19-38)31(40)37-9-7-22(8-10-37)33-16-20(15-32)29-17-34-27-6-5-23(13-28(27)36-29)35-24-11-25(41-2)14-26(12-24)42-3/h4-6,11-17,21-22,32-33,35H,1,7-10,18-19H2,2-3H3/b20-16+,32-15?. The predicted octanol–water partition coefficient (Wildman–Crippen LogP) is 3.61. The Hall–Kier alpha value is -4.93. The second-order valence-electron chi connectivity index (χ2n) is 10.3. The van der Waals surface area contributed by atoms with Crippen LogP contribution in [0.2, 0.25) is 0 Å². The zero-order valence-electron chi connectivity index (χ0n) is 23.8. The van der Waals surface area contributed by atoms with Gasteiger partial charge < -0.3 is 35.3 Å². The molecule has 218 valence electrons. The molecule has 2 aliphatic heterocycles. The number of amides is 2. The van der Waals surface area contributed by atoms with Gasteiger partial charge >= 0.3 is 0 Å². The van der Waals surface area contributed by atoms with Crippen molar-refractivity contribution in [2.75, 3.05) is 45.7 Å². The third kappa shape index (κ3) is 6.35. The van der Waals surface area contributed by atoms with Crippen molar-refractivity contribution in [2.45, 2.75) is 18.9 Å². The molecule has 11 heteroatoms. The van der Waals surface area contributed by atoms with E-state index >= 15 is 0 Å². The van der Waals surface area contributed by atoms with Crippen LogP contribution < -0.4 is 20.1 Å². The van der Waals surface area contributed by atoms with E-state index in [1.165, 1.54) is 12.3 Å². The smallest absolute Gasteiger partial charge is 0.246 e. The van der Waals surface area contributed by atoms with Gasteiger partial charge in [0.25, 0.3) is 0 Å². The first-order valence-corrected chi connectivity index (χ1v) is 13.8. The maximum Gasteiger partial charge on any atom is 0.246 e. The fourth-order valence-corrected chi connectivity index (χ4v) is 5.14. The van der Waals surface area contributed by atoms with E-state index in [1.54, 1.807) is 31.5 Å². The second-order valence-corrected chi connectivity index (χ2v) is 10.3. The average Bonchev–Trinajstić information content (AvgIpc) is 3.00. The van der Waals surface area contributed by atoms with Gasteiger partial charge in [0, 0.05) is 79.8 Å². The van der Waals surface area contributed by atoms with Gasteiger partial charge in [-0.3, -0.25) is 14.6 Å². The molecule has 3 aromatic rings. The lowest BCUT2D eigenvalue weighted by Crippen LogP contribution is -2.57. The Balaban J connectivity index is 1.20. The monoisotopic (exact) mass is 569 g/mol. The second kappa shape index (κ2) is 12.7. The summed E-state index contributed by atoms with van der Waals surface area (Å²) < 4.78 is 10.7. The lowest BCUT2D eigenvalue weighted by Gasteiger charge is -2.41. The van der Waals surface area contributed by atoms with Crippen LogP contribution in [0.5, 0.6) is 11.5 Å². The van der Waals surface area contributed by atoms with Crippen LogP contribution in [0.3, 0.4) is 0 Å². The number of fused-ring (bicyclic) bond motifs is 1. The first-order chi connectivity index (χ1) is 20.4. The number of benzene rings is 2. The lowest BCUT2D eigenvalue weighted by molar-refractivity contribution is -0.147. The van der Waals surface area contributed by atoms with E-state index < -0.39 is 0 Å². The summed E-state index contributed by atoms with van der Waals surface area (Å²) in [5, 5.41) is 14.8. The number of carbonyl (C=O) groups excluding carboxylic acids is 2. The maximum absolute atomic E-state index is 12.8. The molecule has 0 unspecified atom stereocenters. The topological polar surface area (TPSA) is 133 Å². The molecule has 5 rings (SSSR count). The summed E-state index contributed by atoms with van der Waals surface area (Å²) in [7, 11) is 3.22. The van der Waals surface area contributed by atoms with E-state index in [-0.39, 0.29) is 23.8 Å². The van der Waals surface area contributed by atoms with Gasteiger partial charge in [0.2, 0.25) is 11.8 Å². The molecule has 42 heavy (non-hydrogen) atoms. The minimum absolute atomic E-state index is 0.114. The highest BCUT2D eigenvalue weighted by atomic mass is 16.5. The zero-order chi connectivity index (χ0) is 29.6. The summed E-state index contributed by atoms with van der Waals surface area (Å²) in [4.78, 5) is 37.3. The number of allylic oxidation sites excluding steroid dienone is 1. The zero-order valence-corrected chi connectivity index (χ0v) is 23.8. The van der Waals surface area contributed by atoms with Crippen LogP contribution in [-0.2, 0) is 9.59 Å². The highest BCUT2D eigenvalue weighted by Gasteiger charge is 2.37. The molecule has 0 saturated carbocycles. The first-order valence-electron chi connectivity index (χ1n) is 13.8. The summed E-state index contributed by atoms with van der Waals surface area (Å²) in [5.74, 6) is 1.22. The number of hydrogen-bond acceptors (Lipinski definition) is 9. The molecule has 1 aromatic heterocycles. The third-order valence-electron chi connectivity index (χ3n) is 7.63. The highest BCUT2D eigenvalue weighted by molar-refractivity contribution is 6.07. The molecule has 3 heterocycles. The van der Waals surface area contributed by atoms with Crippen LogP contribution >= 0.6 is 0 Å². The van der Waals surface area contributed by atoms with Gasteiger partial charge in [0.05, 0.1) is 43.1 Å². The maximum atomic E-state index is 12.8. The van der Waals surface area contributed by atoms with Crippen molar-refractivity contribution >= 4 is 46.0 Å². The van der Waals surface area contributed by atoms with Crippen LogP contribution in [0, 0.1) is 11.3 Å². The number of nitrogens with one attached hydrogen (secondary N) is 3. The number of likely N-dealkylation sites (tertiary alicyclic amines) is 2. The van der Waals surface area contributed by atoms with Gasteiger partial charge in [-0.2, -0.15) is 0 Å². The summed E-state index contributed by atoms with van der Waals surface area (Å²) in [6, 6.07) is 11.5. The van der Waals surface area contributed by atoms with Crippen LogP contribution in [0.25, 0.3) is 16.6 Å². The number of piperidine rings is 1. The molecule has 0 bridgehead atoms. The third-order valence-corrected chi connectivity index (χ3v) is 7.63. The van der Waals surface area contributed by atoms with Gasteiger partial charge in [-0.15, -0.1) is 0 Å². The van der Waals surface area contributed by atoms with Gasteiger partial charge in [-0.05, 0) is 37.1 Å². The minimum Gasteiger partial charge on any atom is -0.497 e. The van der Waals surface area contributed by atoms with E-state index in [4.69, 9.17) is 19.9 Å². The first kappa shape index (κ1) is 28.6. The van der Waals surface area contributed by atoms with E-state index in [9.17, 15) is 9.59 Å².